The first-order valence-corrected chi connectivity index (χ1v) is 42.2. The molecule has 0 radical (unpaired) electrons. The molecule has 5 aromatic carbocycles. The fraction of sp³-hybridized carbons (Fsp3) is 0.481. The van der Waals surface area contributed by atoms with Crippen molar-refractivity contribution in [1.29, 1.82) is 0 Å². The Labute approximate surface area is 649 Å². The number of carbonyl (C=O) groups is 6. The number of nitrogens with zero attached hydrogens (tertiary/aromatic N) is 7. The van der Waals surface area contributed by atoms with Gasteiger partial charge in [0.1, 0.15) is 22.6 Å². The molecular weight excluding hydrogens is 1500 g/mol. The van der Waals surface area contributed by atoms with Crippen LogP contribution in [0.15, 0.2) is 147 Å². The number of ether oxygens (including phenoxy) is 1. The molecule has 6 atom stereocenters. The van der Waals surface area contributed by atoms with Gasteiger partial charge in [0.15, 0.2) is 0 Å². The number of rotatable bonds is 27. The lowest BCUT2D eigenvalue weighted by Gasteiger charge is -2.43. The maximum Gasteiger partial charge on any atom is 0.501 e. The fourth-order valence-corrected chi connectivity index (χ4v) is 19.1. The van der Waals surface area contributed by atoms with E-state index in [4.69, 9.17) is 16.3 Å². The number of anilines is 2. The second-order valence-electron chi connectivity index (χ2n) is 30.2. The van der Waals surface area contributed by atoms with E-state index in [9.17, 15) is 63.9 Å². The van der Waals surface area contributed by atoms with E-state index >= 15 is 0 Å². The predicted molar refractivity (Wildman–Crippen MR) is 416 cm³/mol. The number of morpholine rings is 1. The van der Waals surface area contributed by atoms with Crippen molar-refractivity contribution >= 4 is 107 Å². The number of amides is 5. The number of ketones is 1. The van der Waals surface area contributed by atoms with Crippen LogP contribution in [0.5, 0.6) is 0 Å². The van der Waals surface area contributed by atoms with Crippen LogP contribution in [-0.4, -0.2) is 214 Å². The molecule has 109 heavy (non-hydrogen) atoms. The number of thioether (sulfide) groups is 1. The van der Waals surface area contributed by atoms with Crippen LogP contribution in [0.3, 0.4) is 0 Å². The number of β-amino-alcohol motifs (C(OH)–C–C–N with tert-alkyl or cyclic N) is 1. The van der Waals surface area contributed by atoms with Gasteiger partial charge in [0.2, 0.25) is 23.6 Å². The molecule has 4 N–H and O–H groups in total. The molecule has 4 saturated heterocycles. The number of aromatic nitrogens is 1. The zero-order chi connectivity index (χ0) is 78.2. The van der Waals surface area contributed by atoms with Crippen LogP contribution >= 0.6 is 34.7 Å². The van der Waals surface area contributed by atoms with Crippen LogP contribution in [0, 0.1) is 23.7 Å². The Hall–Kier alpha value is -7.74. The summed E-state index contributed by atoms with van der Waals surface area (Å²) in [6.45, 7) is 18.2. The highest BCUT2D eigenvalue weighted by Gasteiger charge is 2.50. The molecule has 4 aliphatic heterocycles. The first kappa shape index (κ1) is 82.2. The predicted octanol–water partition coefficient (Wildman–Crippen LogP) is 11.2. The van der Waals surface area contributed by atoms with Crippen molar-refractivity contribution in [2.45, 2.75) is 137 Å². The molecule has 5 heterocycles. The molecule has 1 aromatic heterocycles. The number of carbonyl (C=O) groups excluding carboxylic acids is 6. The third-order valence-corrected chi connectivity index (χ3v) is 26.6. The topological polar surface area (TPSA) is 269 Å². The van der Waals surface area contributed by atoms with Crippen molar-refractivity contribution < 1.29 is 68.6 Å². The van der Waals surface area contributed by atoms with E-state index in [2.05, 4.69) is 30.3 Å². The summed E-state index contributed by atoms with van der Waals surface area (Å²) < 4.78 is 105. The molecule has 5 aliphatic rings. The van der Waals surface area contributed by atoms with Crippen LogP contribution < -0.4 is 20.3 Å². The molecule has 0 bridgehead atoms. The third-order valence-electron chi connectivity index (χ3n) is 21.3. The number of hydrogen-bond donors (Lipinski definition) is 4. The highest BCUT2D eigenvalue weighted by Crippen LogP contribution is 2.46. The van der Waals surface area contributed by atoms with Crippen LogP contribution in [-0.2, 0) is 48.6 Å². The van der Waals surface area contributed by atoms with E-state index in [0.717, 1.165) is 61.1 Å². The molecule has 6 aromatic rings. The maximum absolute atomic E-state index is 14.8. The summed E-state index contributed by atoms with van der Waals surface area (Å²) in [5, 5.41) is 17.5. The Bertz CT molecular complexity index is 4510. The lowest BCUT2D eigenvalue weighted by Crippen LogP contribution is -2.54. The summed E-state index contributed by atoms with van der Waals surface area (Å²) in [6.07, 6.45) is 1.39. The number of allylic oxidation sites excluding steroid dienone is 1. The number of aliphatic hydroxyl groups excluding tert-OH is 1. The van der Waals surface area contributed by atoms with Crippen molar-refractivity contribution in [2.24, 2.45) is 16.7 Å². The monoisotopic (exact) mass is 1600 g/mol. The van der Waals surface area contributed by atoms with Gasteiger partial charge in [0.05, 0.1) is 57.4 Å². The van der Waals surface area contributed by atoms with E-state index in [1.165, 1.54) is 28.8 Å². The zero-order valence-corrected chi connectivity index (χ0v) is 66.2. The molecule has 11 rings (SSSR count). The van der Waals surface area contributed by atoms with E-state index in [1.807, 2.05) is 109 Å². The number of sulfone groups is 1. The first-order valence-electron chi connectivity index (χ1n) is 37.0. The lowest BCUT2D eigenvalue weighted by atomic mass is 9.70. The molecule has 0 spiro atoms. The van der Waals surface area contributed by atoms with Gasteiger partial charge in [-0.3, -0.25) is 38.6 Å². The molecule has 5 amide bonds. The van der Waals surface area contributed by atoms with Gasteiger partial charge in [-0.2, -0.15) is 13.2 Å². The number of piperazine rings is 2. The number of aliphatic hydroxyl groups is 1. The van der Waals surface area contributed by atoms with Crippen molar-refractivity contribution in [2.75, 3.05) is 114 Å². The first-order chi connectivity index (χ1) is 51.7. The number of aryl methyl sites for hydroxylation is 1. The van der Waals surface area contributed by atoms with Gasteiger partial charge in [-0.05, 0) is 140 Å². The Kier molecular flexibility index (Phi) is 26.6. The van der Waals surface area contributed by atoms with E-state index in [0.29, 0.717) is 134 Å². The van der Waals surface area contributed by atoms with Gasteiger partial charge in [-0.25, -0.2) is 26.5 Å². The van der Waals surface area contributed by atoms with Gasteiger partial charge in [-0.1, -0.05) is 99.5 Å². The second kappa shape index (κ2) is 35.3. The standard InChI is InChI=1S/C79H96ClF3N10O12S4/c1-52(54-15-17-56(18-16-54)72-53(2)84-51-107-72)85-74(98)67-45-62(94)49-93(67)75(99)71(77(3,4)5)68(95)13-10-14-70(96)91-37-39-92(40-38-91)76(100)78(6)31-29-65(55-19-23-59(80)24-20-55)58(47-78)48-89-33-35-90(36-34-89)61-25-21-57(22-26-61)73(97)87-109(103,104)64-27-28-66(69(46-64)108(101,102)79(81,82)83)86-60(30-32-88-41-43-105-44-42-88)50-106-63-11-8-7-9-12-63/h7-9,11-12,15-28,46,51-52,60,62,67,71,86,94H,10,13-14,29-45,47-50H2,1-6H3,(H,85,98)(H,87,97)/t52-,60+,62+,67-,71-,78?/m0/s1. The summed E-state index contributed by atoms with van der Waals surface area (Å²) in [7, 11) is -11.1. The van der Waals surface area contributed by atoms with Gasteiger partial charge in [-0.15, -0.1) is 23.1 Å². The number of alkyl halides is 3. The van der Waals surface area contributed by atoms with Gasteiger partial charge in [0, 0.05) is 137 Å². The smallest absolute Gasteiger partial charge is 0.391 e. The molecule has 30 heteroatoms. The number of halogens is 4. The Morgan fingerprint density at radius 1 is 0.798 bits per heavy atom. The third kappa shape index (κ3) is 20.3. The number of hydrogen-bond acceptors (Lipinski definition) is 19. The minimum Gasteiger partial charge on any atom is -0.391 e. The fourth-order valence-electron chi connectivity index (χ4n) is 15.1. The Balaban J connectivity index is 0.664. The number of sulfonamides is 1. The van der Waals surface area contributed by atoms with Crippen LogP contribution in [0.2, 0.25) is 5.02 Å². The summed E-state index contributed by atoms with van der Waals surface area (Å²) in [4.78, 5) is 100. The van der Waals surface area contributed by atoms with Crippen LogP contribution in [0.4, 0.5) is 24.5 Å². The Morgan fingerprint density at radius 3 is 2.10 bits per heavy atom. The number of likely N-dealkylation sites (tertiary alicyclic amines) is 1. The minimum atomic E-state index is -6.13. The summed E-state index contributed by atoms with van der Waals surface area (Å²) in [6, 6.07) is 31.4. The summed E-state index contributed by atoms with van der Waals surface area (Å²) >= 11 is 9.35. The van der Waals surface area contributed by atoms with Crippen molar-refractivity contribution in [3.63, 3.8) is 0 Å². The molecule has 0 saturated carbocycles. The highest BCUT2D eigenvalue weighted by molar-refractivity contribution is 7.99. The number of thiazole rings is 1. The minimum absolute atomic E-state index is 0.00393. The van der Waals surface area contributed by atoms with E-state index in [1.54, 1.807) is 54.7 Å². The van der Waals surface area contributed by atoms with Crippen molar-refractivity contribution in [3.8, 4) is 10.4 Å². The molecule has 4 fully saturated rings. The zero-order valence-electron chi connectivity index (χ0n) is 62.2. The Morgan fingerprint density at radius 2 is 1.46 bits per heavy atom. The van der Waals surface area contributed by atoms with Gasteiger partial charge in [0.25, 0.3) is 25.8 Å². The van der Waals surface area contributed by atoms with Crippen molar-refractivity contribution in [3.05, 3.63) is 160 Å². The molecule has 1 unspecified atom stereocenters. The van der Waals surface area contributed by atoms with Crippen LogP contribution in [0.1, 0.15) is 119 Å². The highest BCUT2D eigenvalue weighted by atomic mass is 35.5. The van der Waals surface area contributed by atoms with E-state index < -0.39 is 99.5 Å². The maximum atomic E-state index is 14.8. The number of Topliss-reactive ketones (excluding diaryl/α,β-unsaturated/α-hetero) is 1. The summed E-state index contributed by atoms with van der Waals surface area (Å²) in [5.41, 5.74) is 0.722. The van der Waals surface area contributed by atoms with Crippen molar-refractivity contribution in [1.82, 2.24) is 39.5 Å². The van der Waals surface area contributed by atoms with Crippen LogP contribution in [0.25, 0.3) is 16.0 Å². The largest absolute Gasteiger partial charge is 0.501 e. The van der Waals surface area contributed by atoms with Gasteiger partial charge >= 0.3 is 5.51 Å². The van der Waals surface area contributed by atoms with Gasteiger partial charge < -0.3 is 40.1 Å². The molecular formula is C79H96ClF3N10O12S4. The average Bonchev–Trinajstić information content (AvgIpc) is 1.31. The SMILES string of the molecule is Cc1ncsc1-c1ccc([C@H](C)NC(=O)[C@@H]2C[C@@H](O)CN2C(=O)[C@H](C(=O)CCCC(=O)N2CCN(C(=O)C3(C)CCC(c4ccc(Cl)cc4)=C(CN4CCN(c5ccc(C(=O)NS(=O)(=O)c6ccc(N[C@H](CCN7CCOCC7)CSc7ccccc7)c(S(=O)(=O)C(F)(F)F)c6)cc5)CC4)C3)CC2)C(C)(C)C)cc1. The quantitative estimate of drug-likeness (QED) is 0.0276. The average molecular weight is 1600 g/mol. The summed E-state index contributed by atoms with van der Waals surface area (Å²) in [5.74, 6) is -3.35. The number of nitrogens with one attached hydrogen (secondary N) is 3. The normalized spacial score (nSPS) is 20.2. The molecule has 586 valence electrons. The van der Waals surface area contributed by atoms with E-state index in [-0.39, 0.29) is 55.4 Å². The molecule has 1 aliphatic carbocycles. The molecule has 22 nitrogen and oxygen atoms in total. The second-order valence-corrected chi connectivity index (χ2v) is 36.2. The lowest BCUT2D eigenvalue weighted by molar-refractivity contribution is -0.150. The number of benzene rings is 5.